The molecule has 0 bridgehead atoms. The molecule has 2 aliphatic heterocycles. The van der Waals surface area contributed by atoms with Gasteiger partial charge in [0.1, 0.15) is 12.6 Å². The summed E-state index contributed by atoms with van der Waals surface area (Å²) in [5.74, 6) is -0.209. The molecular weight excluding hydrogens is 356 g/mol. The largest absolute Gasteiger partial charge is 0.460 e. The summed E-state index contributed by atoms with van der Waals surface area (Å²) in [5.41, 5.74) is 5.19. The number of piperidine rings is 1. The molecular formula is C22H26N2O4. The van der Waals surface area contributed by atoms with Gasteiger partial charge in [0.05, 0.1) is 25.9 Å². The standard InChI is InChI=1S/C22H26N2O4/c25-21(27-13-17-7-3-1-4-8-17)19-11-22(15-26-16-22)20(12-23-19)24-28-14-18-9-5-2-6-10-18/h1-10,19-20,23-24H,11-16H2. The monoisotopic (exact) mass is 382 g/mol. The molecule has 2 saturated heterocycles. The number of ether oxygens (including phenoxy) is 2. The van der Waals surface area contributed by atoms with Gasteiger partial charge in [-0.05, 0) is 17.5 Å². The molecule has 2 unspecified atom stereocenters. The first-order valence-electron chi connectivity index (χ1n) is 9.68. The Balaban J connectivity index is 1.28. The maximum absolute atomic E-state index is 12.5. The Morgan fingerprint density at radius 1 is 1.04 bits per heavy atom. The second-order valence-electron chi connectivity index (χ2n) is 7.56. The zero-order valence-electron chi connectivity index (χ0n) is 15.8. The molecule has 2 aromatic carbocycles. The summed E-state index contributed by atoms with van der Waals surface area (Å²) in [4.78, 5) is 18.3. The van der Waals surface area contributed by atoms with Crippen LogP contribution >= 0.6 is 0 Å². The molecule has 28 heavy (non-hydrogen) atoms. The lowest BCUT2D eigenvalue weighted by Crippen LogP contribution is -2.67. The highest BCUT2D eigenvalue weighted by atomic mass is 16.6. The fraction of sp³-hybridized carbons (Fsp3) is 0.409. The normalized spacial score (nSPS) is 23.1. The van der Waals surface area contributed by atoms with Crippen LogP contribution < -0.4 is 10.8 Å². The Morgan fingerprint density at radius 3 is 2.29 bits per heavy atom. The molecule has 4 rings (SSSR count). The highest BCUT2D eigenvalue weighted by molar-refractivity contribution is 5.76. The summed E-state index contributed by atoms with van der Waals surface area (Å²) in [7, 11) is 0. The summed E-state index contributed by atoms with van der Waals surface area (Å²) in [5, 5.41) is 3.30. The zero-order valence-corrected chi connectivity index (χ0v) is 15.8. The van der Waals surface area contributed by atoms with E-state index in [-0.39, 0.29) is 23.5 Å². The van der Waals surface area contributed by atoms with Crippen molar-refractivity contribution >= 4 is 5.97 Å². The highest BCUT2D eigenvalue weighted by Crippen LogP contribution is 2.39. The van der Waals surface area contributed by atoms with E-state index in [1.165, 1.54) is 0 Å². The molecule has 0 aromatic heterocycles. The van der Waals surface area contributed by atoms with Crippen LogP contribution in [0.5, 0.6) is 0 Å². The number of hydroxylamine groups is 1. The SMILES string of the molecule is O=C(OCc1ccccc1)C1CC2(COC2)C(NOCc2ccccc2)CN1. The predicted molar refractivity (Wildman–Crippen MR) is 104 cm³/mol. The smallest absolute Gasteiger partial charge is 0.323 e. The van der Waals surface area contributed by atoms with Crippen molar-refractivity contribution in [2.75, 3.05) is 19.8 Å². The summed E-state index contributed by atoms with van der Waals surface area (Å²) in [6.07, 6.45) is 0.674. The van der Waals surface area contributed by atoms with Crippen LogP contribution in [-0.4, -0.2) is 37.8 Å². The van der Waals surface area contributed by atoms with Crippen LogP contribution in [0.1, 0.15) is 17.5 Å². The Labute approximate surface area is 165 Å². The minimum atomic E-state index is -0.320. The minimum Gasteiger partial charge on any atom is -0.460 e. The van der Waals surface area contributed by atoms with Gasteiger partial charge in [0, 0.05) is 12.0 Å². The highest BCUT2D eigenvalue weighted by Gasteiger charge is 2.51. The topological polar surface area (TPSA) is 68.8 Å². The second kappa shape index (κ2) is 8.84. The number of benzene rings is 2. The molecule has 0 saturated carbocycles. The van der Waals surface area contributed by atoms with E-state index in [2.05, 4.69) is 10.8 Å². The molecule has 2 atom stereocenters. The lowest BCUT2D eigenvalue weighted by Gasteiger charge is -2.51. The van der Waals surface area contributed by atoms with Gasteiger partial charge in [0.2, 0.25) is 0 Å². The molecule has 0 amide bonds. The molecule has 2 fully saturated rings. The fourth-order valence-corrected chi connectivity index (χ4v) is 3.74. The first kappa shape index (κ1) is 19.1. The van der Waals surface area contributed by atoms with Crippen molar-refractivity contribution in [2.24, 2.45) is 5.41 Å². The van der Waals surface area contributed by atoms with E-state index in [4.69, 9.17) is 14.3 Å². The van der Waals surface area contributed by atoms with Crippen LogP contribution in [0.15, 0.2) is 60.7 Å². The third kappa shape index (κ3) is 4.42. The van der Waals surface area contributed by atoms with Crippen molar-refractivity contribution in [1.29, 1.82) is 0 Å². The van der Waals surface area contributed by atoms with Crippen molar-refractivity contribution < 1.29 is 19.1 Å². The molecule has 0 radical (unpaired) electrons. The predicted octanol–water partition coefficient (Wildman–Crippen LogP) is 2.20. The summed E-state index contributed by atoms with van der Waals surface area (Å²) >= 11 is 0. The molecule has 2 aliphatic rings. The molecule has 0 aliphatic carbocycles. The second-order valence-corrected chi connectivity index (χ2v) is 7.56. The molecule has 6 nitrogen and oxygen atoms in total. The van der Waals surface area contributed by atoms with Crippen LogP contribution in [0.3, 0.4) is 0 Å². The van der Waals surface area contributed by atoms with Crippen molar-refractivity contribution in [2.45, 2.75) is 31.7 Å². The molecule has 6 heteroatoms. The number of nitrogens with one attached hydrogen (secondary N) is 2. The van der Waals surface area contributed by atoms with Crippen LogP contribution in [0.4, 0.5) is 0 Å². The van der Waals surface area contributed by atoms with E-state index < -0.39 is 0 Å². The van der Waals surface area contributed by atoms with Crippen molar-refractivity contribution in [1.82, 2.24) is 10.8 Å². The molecule has 148 valence electrons. The number of hydrogen-bond donors (Lipinski definition) is 2. The number of carbonyl (C=O) groups excluding carboxylic acids is 1. The van der Waals surface area contributed by atoms with E-state index in [9.17, 15) is 4.79 Å². The molecule has 1 spiro atoms. The van der Waals surface area contributed by atoms with Crippen LogP contribution in [0.25, 0.3) is 0 Å². The zero-order chi connectivity index (χ0) is 19.2. The summed E-state index contributed by atoms with van der Waals surface area (Å²) in [6.45, 7) is 2.68. The third-order valence-corrected chi connectivity index (χ3v) is 5.51. The van der Waals surface area contributed by atoms with Crippen molar-refractivity contribution in [3.8, 4) is 0 Å². The van der Waals surface area contributed by atoms with Crippen LogP contribution in [-0.2, 0) is 32.3 Å². The minimum absolute atomic E-state index is 0.0862. The van der Waals surface area contributed by atoms with E-state index >= 15 is 0 Å². The number of rotatable bonds is 7. The number of carbonyl (C=O) groups is 1. The molecule has 2 aromatic rings. The van der Waals surface area contributed by atoms with Crippen LogP contribution in [0, 0.1) is 5.41 Å². The first-order valence-corrected chi connectivity index (χ1v) is 9.68. The number of hydrogen-bond acceptors (Lipinski definition) is 6. The quantitative estimate of drug-likeness (QED) is 0.565. The average molecular weight is 382 g/mol. The van der Waals surface area contributed by atoms with Gasteiger partial charge in [-0.3, -0.25) is 9.63 Å². The van der Waals surface area contributed by atoms with E-state index in [0.29, 0.717) is 39.4 Å². The van der Waals surface area contributed by atoms with Gasteiger partial charge in [-0.25, -0.2) is 0 Å². The van der Waals surface area contributed by atoms with Crippen molar-refractivity contribution in [3.63, 3.8) is 0 Å². The Hall–Kier alpha value is -2.25. The Bertz CT molecular complexity index is 765. The Morgan fingerprint density at radius 2 is 1.68 bits per heavy atom. The lowest BCUT2D eigenvalue weighted by atomic mass is 9.71. The Kier molecular flexibility index (Phi) is 6.02. The van der Waals surface area contributed by atoms with Gasteiger partial charge < -0.3 is 14.8 Å². The van der Waals surface area contributed by atoms with Crippen LogP contribution in [0.2, 0.25) is 0 Å². The van der Waals surface area contributed by atoms with E-state index in [1.807, 2.05) is 60.7 Å². The van der Waals surface area contributed by atoms with Gasteiger partial charge in [-0.1, -0.05) is 60.7 Å². The van der Waals surface area contributed by atoms with Gasteiger partial charge in [0.15, 0.2) is 0 Å². The molecule has 2 N–H and O–H groups in total. The maximum atomic E-state index is 12.5. The fourth-order valence-electron chi connectivity index (χ4n) is 3.74. The van der Waals surface area contributed by atoms with Gasteiger partial charge in [-0.2, -0.15) is 5.48 Å². The lowest BCUT2D eigenvalue weighted by molar-refractivity contribution is -0.183. The maximum Gasteiger partial charge on any atom is 0.323 e. The van der Waals surface area contributed by atoms with Gasteiger partial charge in [-0.15, -0.1) is 0 Å². The van der Waals surface area contributed by atoms with Gasteiger partial charge in [0.25, 0.3) is 0 Å². The van der Waals surface area contributed by atoms with E-state index in [0.717, 1.165) is 11.1 Å². The first-order chi connectivity index (χ1) is 13.8. The van der Waals surface area contributed by atoms with Crippen molar-refractivity contribution in [3.05, 3.63) is 71.8 Å². The van der Waals surface area contributed by atoms with E-state index in [1.54, 1.807) is 0 Å². The van der Waals surface area contributed by atoms with Gasteiger partial charge >= 0.3 is 5.97 Å². The number of esters is 1. The summed E-state index contributed by atoms with van der Waals surface area (Å²) in [6, 6.07) is 19.5. The summed E-state index contributed by atoms with van der Waals surface area (Å²) < 4.78 is 11.0. The molecule has 2 heterocycles. The third-order valence-electron chi connectivity index (χ3n) is 5.51. The average Bonchev–Trinajstić information content (AvgIpc) is 2.72.